The van der Waals surface area contributed by atoms with Gasteiger partial charge in [0.2, 0.25) is 0 Å². The lowest BCUT2D eigenvalue weighted by Crippen LogP contribution is -1.86. The second-order valence-electron chi connectivity index (χ2n) is 5.71. The van der Waals surface area contributed by atoms with E-state index < -0.39 is 0 Å². The Morgan fingerprint density at radius 3 is 2.10 bits per heavy atom. The highest BCUT2D eigenvalue weighted by molar-refractivity contribution is 5.27. The van der Waals surface area contributed by atoms with Crippen LogP contribution in [-0.2, 0) is 6.42 Å². The molecule has 20 heavy (non-hydrogen) atoms. The van der Waals surface area contributed by atoms with Crippen LogP contribution in [0.1, 0.15) is 82.8 Å². The highest BCUT2D eigenvalue weighted by Crippen LogP contribution is 2.10. The Bertz CT molecular complexity index is 345. The second kappa shape index (κ2) is 11.8. The number of aryl methyl sites for hydroxylation is 1. The van der Waals surface area contributed by atoms with Crippen LogP contribution in [-0.4, -0.2) is 0 Å². The van der Waals surface area contributed by atoms with Crippen molar-refractivity contribution in [2.24, 2.45) is 0 Å². The maximum absolute atomic E-state index is 3.40. The molecule has 0 heterocycles. The molecule has 0 saturated heterocycles. The number of rotatable bonds is 11. The van der Waals surface area contributed by atoms with Crippen LogP contribution in [0.4, 0.5) is 0 Å². The van der Waals surface area contributed by atoms with Crippen molar-refractivity contribution in [3.63, 3.8) is 0 Å². The van der Waals surface area contributed by atoms with Gasteiger partial charge < -0.3 is 0 Å². The van der Waals surface area contributed by atoms with E-state index in [1.165, 1.54) is 75.3 Å². The molecule has 0 amide bonds. The molecule has 1 radical (unpaired) electrons. The Hall–Kier alpha value is -1.04. The van der Waals surface area contributed by atoms with Gasteiger partial charge in [0.1, 0.15) is 0 Å². The lowest BCUT2D eigenvalue weighted by Gasteiger charge is -2.01. The molecule has 1 rings (SSSR count). The minimum Gasteiger partial charge on any atom is -0.0760 e. The maximum Gasteiger partial charge on any atom is -0.0149 e. The van der Waals surface area contributed by atoms with E-state index in [9.17, 15) is 0 Å². The predicted molar refractivity (Wildman–Crippen MR) is 90.0 cm³/mol. The van der Waals surface area contributed by atoms with E-state index >= 15 is 0 Å². The van der Waals surface area contributed by atoms with Crippen molar-refractivity contribution < 1.29 is 0 Å². The first kappa shape index (κ1) is 17.0. The van der Waals surface area contributed by atoms with Crippen molar-refractivity contribution in [2.45, 2.75) is 78.1 Å². The van der Waals surface area contributed by atoms with E-state index in [1.54, 1.807) is 0 Å². The molecule has 0 bridgehead atoms. The average Bonchev–Trinajstić information content (AvgIpc) is 2.49. The van der Waals surface area contributed by atoms with Crippen molar-refractivity contribution in [1.29, 1.82) is 0 Å². The normalized spacial score (nSPS) is 11.3. The SMILES string of the molecule is CCCCCC/C=[C]\c1ccc(CCCCCC)cc1. The van der Waals surface area contributed by atoms with Crippen LogP contribution in [0.2, 0.25) is 0 Å². The fraction of sp³-hybridized carbons (Fsp3) is 0.600. The van der Waals surface area contributed by atoms with Crippen molar-refractivity contribution in [1.82, 2.24) is 0 Å². The molecule has 0 nitrogen and oxygen atoms in total. The summed E-state index contributed by atoms with van der Waals surface area (Å²) in [5.41, 5.74) is 2.69. The second-order valence-corrected chi connectivity index (χ2v) is 5.71. The molecule has 1 aromatic rings. The van der Waals surface area contributed by atoms with E-state index in [2.05, 4.69) is 50.3 Å². The standard InChI is InChI=1S/C20H31/c1-3-5-7-9-10-12-14-20-17-15-19(16-18-20)13-11-8-6-4-2/h12,15-18H,3-11,13H2,1-2H3. The molecular formula is C20H31. The lowest BCUT2D eigenvalue weighted by atomic mass is 10.0. The highest BCUT2D eigenvalue weighted by atomic mass is 14.0. The van der Waals surface area contributed by atoms with Crippen LogP contribution in [0, 0.1) is 6.08 Å². The zero-order valence-corrected chi connectivity index (χ0v) is 13.5. The van der Waals surface area contributed by atoms with E-state index in [0.717, 1.165) is 0 Å². The number of benzene rings is 1. The number of hydrogen-bond donors (Lipinski definition) is 0. The zero-order valence-electron chi connectivity index (χ0n) is 13.5. The molecule has 0 unspecified atom stereocenters. The summed E-state index contributed by atoms with van der Waals surface area (Å²) in [6, 6.07) is 8.94. The first-order chi connectivity index (χ1) is 9.86. The van der Waals surface area contributed by atoms with Gasteiger partial charge in [-0.3, -0.25) is 0 Å². The van der Waals surface area contributed by atoms with Crippen molar-refractivity contribution >= 4 is 0 Å². The van der Waals surface area contributed by atoms with Crippen LogP contribution < -0.4 is 0 Å². The van der Waals surface area contributed by atoms with E-state index in [1.807, 2.05) is 0 Å². The molecule has 0 fully saturated rings. The molecular weight excluding hydrogens is 240 g/mol. The first-order valence-corrected chi connectivity index (χ1v) is 8.54. The smallest absolute Gasteiger partial charge is 0.0149 e. The van der Waals surface area contributed by atoms with Crippen molar-refractivity contribution in [3.8, 4) is 0 Å². The molecule has 0 saturated carbocycles. The molecule has 0 heteroatoms. The van der Waals surface area contributed by atoms with Gasteiger partial charge in [-0.25, -0.2) is 0 Å². The molecule has 0 atom stereocenters. The summed E-state index contributed by atoms with van der Waals surface area (Å²) in [5.74, 6) is 0. The van der Waals surface area contributed by atoms with Crippen molar-refractivity contribution in [2.75, 3.05) is 0 Å². The van der Waals surface area contributed by atoms with Gasteiger partial charge in [-0.05, 0) is 42.9 Å². The van der Waals surface area contributed by atoms with Gasteiger partial charge >= 0.3 is 0 Å². The molecule has 0 N–H and O–H groups in total. The van der Waals surface area contributed by atoms with Gasteiger partial charge in [0.05, 0.1) is 0 Å². The summed E-state index contributed by atoms with van der Waals surface area (Å²) >= 11 is 0. The first-order valence-electron chi connectivity index (χ1n) is 8.54. The molecule has 0 spiro atoms. The molecule has 1 aromatic carbocycles. The van der Waals surface area contributed by atoms with Gasteiger partial charge in [-0.1, -0.05) is 82.7 Å². The monoisotopic (exact) mass is 271 g/mol. The lowest BCUT2D eigenvalue weighted by molar-refractivity contribution is 0.667. The predicted octanol–water partition coefficient (Wildman–Crippen LogP) is 6.49. The summed E-state index contributed by atoms with van der Waals surface area (Å²) in [7, 11) is 0. The Balaban J connectivity index is 2.22. The summed E-state index contributed by atoms with van der Waals surface area (Å²) in [6.07, 6.45) is 18.7. The third-order valence-corrected chi connectivity index (χ3v) is 3.74. The van der Waals surface area contributed by atoms with E-state index in [-0.39, 0.29) is 0 Å². The van der Waals surface area contributed by atoms with Crippen LogP contribution in [0.15, 0.2) is 30.3 Å². The zero-order chi connectivity index (χ0) is 14.5. The minimum absolute atomic E-state index is 1.17. The third-order valence-electron chi connectivity index (χ3n) is 3.74. The van der Waals surface area contributed by atoms with Gasteiger partial charge in [0.25, 0.3) is 0 Å². The Kier molecular flexibility index (Phi) is 10.0. The van der Waals surface area contributed by atoms with E-state index in [0.29, 0.717) is 0 Å². The Labute approximate surface area is 126 Å². The summed E-state index contributed by atoms with van der Waals surface area (Å²) in [5, 5.41) is 0. The highest BCUT2D eigenvalue weighted by Gasteiger charge is 1.94. The molecule has 0 aliphatic heterocycles. The number of hydrogen-bond acceptors (Lipinski definition) is 0. The van der Waals surface area contributed by atoms with Crippen molar-refractivity contribution in [3.05, 3.63) is 47.5 Å². The summed E-state index contributed by atoms with van der Waals surface area (Å²) in [6.45, 7) is 4.52. The molecule has 111 valence electrons. The molecule has 0 aromatic heterocycles. The van der Waals surface area contributed by atoms with Crippen LogP contribution in [0.3, 0.4) is 0 Å². The molecule has 0 aliphatic carbocycles. The van der Waals surface area contributed by atoms with Gasteiger partial charge in [-0.2, -0.15) is 0 Å². The largest absolute Gasteiger partial charge is 0.0760 e. The maximum atomic E-state index is 3.40. The topological polar surface area (TPSA) is 0 Å². The average molecular weight is 271 g/mol. The fourth-order valence-electron chi connectivity index (χ4n) is 2.39. The quantitative estimate of drug-likeness (QED) is 0.404. The van der Waals surface area contributed by atoms with E-state index in [4.69, 9.17) is 0 Å². The summed E-state index contributed by atoms with van der Waals surface area (Å²) in [4.78, 5) is 0. The van der Waals surface area contributed by atoms with Gasteiger partial charge in [-0.15, -0.1) is 0 Å². The Morgan fingerprint density at radius 1 is 0.800 bits per heavy atom. The van der Waals surface area contributed by atoms with Gasteiger partial charge in [0, 0.05) is 0 Å². The fourth-order valence-corrected chi connectivity index (χ4v) is 2.39. The number of unbranched alkanes of at least 4 members (excludes halogenated alkanes) is 7. The molecule has 0 aliphatic rings. The number of allylic oxidation sites excluding steroid dienone is 1. The van der Waals surface area contributed by atoms with Crippen LogP contribution in [0.5, 0.6) is 0 Å². The minimum atomic E-state index is 1.17. The summed E-state index contributed by atoms with van der Waals surface area (Å²) < 4.78 is 0. The third kappa shape index (κ3) is 8.19. The van der Waals surface area contributed by atoms with Crippen LogP contribution in [0.25, 0.3) is 0 Å². The Morgan fingerprint density at radius 2 is 1.45 bits per heavy atom. The van der Waals surface area contributed by atoms with Gasteiger partial charge in [0.15, 0.2) is 0 Å². The van der Waals surface area contributed by atoms with Crippen LogP contribution >= 0.6 is 0 Å².